The lowest BCUT2D eigenvalue weighted by atomic mass is 10.1. The number of aromatic nitrogens is 2. The van der Waals surface area contributed by atoms with Crippen LogP contribution >= 0.6 is 11.8 Å². The highest BCUT2D eigenvalue weighted by Gasteiger charge is 2.35. The van der Waals surface area contributed by atoms with Crippen LogP contribution in [0.2, 0.25) is 0 Å². The number of amides is 2. The molecule has 2 aromatic carbocycles. The standard InChI is InChI=1S/C20H17FN4O3S/c1-29-16-4-2-3-12(9-16)19-23-24-20(28-19)22-18(27)13-10-17(26)25(11-13)15-7-5-14(21)6-8-15/h2-9,13H,10-11H2,1H3,(H,22,24,27). The summed E-state index contributed by atoms with van der Waals surface area (Å²) in [6.07, 6.45) is 2.02. The number of hydrogen-bond donors (Lipinski definition) is 1. The van der Waals surface area contributed by atoms with Gasteiger partial charge in [-0.15, -0.1) is 16.9 Å². The molecule has 29 heavy (non-hydrogen) atoms. The van der Waals surface area contributed by atoms with E-state index in [1.807, 2.05) is 30.5 Å². The molecule has 0 bridgehead atoms. The van der Waals surface area contributed by atoms with Crippen LogP contribution in [0.15, 0.2) is 57.8 Å². The molecule has 9 heteroatoms. The number of nitrogens with zero attached hydrogens (tertiary/aromatic N) is 3. The maximum Gasteiger partial charge on any atom is 0.322 e. The normalized spacial score (nSPS) is 16.3. The van der Waals surface area contributed by atoms with Crippen molar-refractivity contribution >= 4 is 35.3 Å². The largest absolute Gasteiger partial charge is 0.403 e. The van der Waals surface area contributed by atoms with Crippen LogP contribution in [0.1, 0.15) is 6.42 Å². The molecule has 0 radical (unpaired) electrons. The van der Waals surface area contributed by atoms with Crippen LogP contribution in [0.5, 0.6) is 0 Å². The van der Waals surface area contributed by atoms with E-state index in [-0.39, 0.29) is 36.6 Å². The summed E-state index contributed by atoms with van der Waals surface area (Å²) in [5.41, 5.74) is 1.31. The molecular weight excluding hydrogens is 395 g/mol. The van der Waals surface area contributed by atoms with Gasteiger partial charge in [0.2, 0.25) is 17.7 Å². The maximum atomic E-state index is 13.1. The number of nitrogens with one attached hydrogen (secondary N) is 1. The fraction of sp³-hybridized carbons (Fsp3) is 0.200. The molecule has 4 rings (SSSR count). The molecule has 1 saturated heterocycles. The minimum atomic E-state index is -0.567. The molecule has 2 heterocycles. The molecule has 1 unspecified atom stereocenters. The van der Waals surface area contributed by atoms with E-state index in [0.29, 0.717) is 11.6 Å². The fourth-order valence-electron chi connectivity index (χ4n) is 3.11. The van der Waals surface area contributed by atoms with E-state index in [1.54, 1.807) is 11.8 Å². The maximum absolute atomic E-state index is 13.1. The number of carbonyl (C=O) groups excluding carboxylic acids is 2. The Bertz CT molecular complexity index is 1050. The van der Waals surface area contributed by atoms with Crippen molar-refractivity contribution in [2.75, 3.05) is 23.0 Å². The summed E-state index contributed by atoms with van der Waals surface area (Å²) in [5.74, 6) is -1.23. The van der Waals surface area contributed by atoms with Crippen molar-refractivity contribution in [3.05, 3.63) is 54.3 Å². The summed E-state index contributed by atoms with van der Waals surface area (Å²) in [6.45, 7) is 0.201. The van der Waals surface area contributed by atoms with Crippen LogP contribution in [-0.4, -0.2) is 34.8 Å². The molecule has 7 nitrogen and oxygen atoms in total. The SMILES string of the molecule is CSc1cccc(-c2nnc(NC(=O)C3CC(=O)N(c4ccc(F)cc4)C3)o2)c1. The van der Waals surface area contributed by atoms with Crippen LogP contribution < -0.4 is 10.2 Å². The van der Waals surface area contributed by atoms with E-state index in [2.05, 4.69) is 15.5 Å². The molecule has 1 aliphatic heterocycles. The predicted octanol–water partition coefficient (Wildman–Crippen LogP) is 3.59. The average Bonchev–Trinajstić information content (AvgIpc) is 3.35. The van der Waals surface area contributed by atoms with Gasteiger partial charge in [-0.25, -0.2) is 4.39 Å². The van der Waals surface area contributed by atoms with Crippen molar-refractivity contribution in [1.29, 1.82) is 0 Å². The van der Waals surface area contributed by atoms with Crippen LogP contribution in [-0.2, 0) is 9.59 Å². The van der Waals surface area contributed by atoms with Crippen molar-refractivity contribution in [3.8, 4) is 11.5 Å². The number of halogens is 1. The van der Waals surface area contributed by atoms with Crippen molar-refractivity contribution in [2.24, 2.45) is 5.92 Å². The minimum absolute atomic E-state index is 0.0211. The number of thioether (sulfide) groups is 1. The summed E-state index contributed by atoms with van der Waals surface area (Å²) < 4.78 is 18.6. The number of benzene rings is 2. The Hall–Kier alpha value is -3.20. The van der Waals surface area contributed by atoms with Crippen LogP contribution in [0, 0.1) is 11.7 Å². The molecule has 2 amide bonds. The Morgan fingerprint density at radius 2 is 2.03 bits per heavy atom. The van der Waals surface area contributed by atoms with Crippen LogP contribution in [0.4, 0.5) is 16.1 Å². The van der Waals surface area contributed by atoms with Crippen molar-refractivity contribution in [1.82, 2.24) is 10.2 Å². The van der Waals surface area contributed by atoms with Gasteiger partial charge in [-0.2, -0.15) is 0 Å². The fourth-order valence-corrected chi connectivity index (χ4v) is 3.57. The Morgan fingerprint density at radius 1 is 1.24 bits per heavy atom. The molecule has 148 valence electrons. The summed E-state index contributed by atoms with van der Waals surface area (Å²) >= 11 is 1.59. The highest BCUT2D eigenvalue weighted by molar-refractivity contribution is 7.98. The van der Waals surface area contributed by atoms with E-state index < -0.39 is 5.92 Å². The Kier molecular flexibility index (Phi) is 5.30. The Balaban J connectivity index is 1.43. The second kappa shape index (κ2) is 8.04. The van der Waals surface area contributed by atoms with Gasteiger partial charge in [-0.3, -0.25) is 14.9 Å². The third-order valence-corrected chi connectivity index (χ3v) is 5.33. The van der Waals surface area contributed by atoms with E-state index in [1.165, 1.54) is 29.2 Å². The average molecular weight is 412 g/mol. The number of hydrogen-bond acceptors (Lipinski definition) is 6. The van der Waals surface area contributed by atoms with E-state index >= 15 is 0 Å². The molecule has 1 N–H and O–H groups in total. The number of anilines is 2. The smallest absolute Gasteiger partial charge is 0.322 e. The number of carbonyl (C=O) groups is 2. The summed E-state index contributed by atoms with van der Waals surface area (Å²) in [6, 6.07) is 13.2. The molecular formula is C20H17FN4O3S. The first-order valence-corrected chi connectivity index (χ1v) is 10.1. The first-order chi connectivity index (χ1) is 14.0. The van der Waals surface area contributed by atoms with Gasteiger partial charge in [-0.05, 0) is 48.7 Å². The molecule has 1 fully saturated rings. The molecule has 0 aliphatic carbocycles. The van der Waals surface area contributed by atoms with Crippen molar-refractivity contribution < 1.29 is 18.4 Å². The molecule has 1 aromatic heterocycles. The quantitative estimate of drug-likeness (QED) is 0.645. The zero-order valence-electron chi connectivity index (χ0n) is 15.5. The zero-order chi connectivity index (χ0) is 20.4. The van der Waals surface area contributed by atoms with E-state index in [0.717, 1.165) is 10.5 Å². The van der Waals surface area contributed by atoms with Gasteiger partial charge in [0.1, 0.15) is 5.82 Å². The molecule has 1 aliphatic rings. The van der Waals surface area contributed by atoms with Gasteiger partial charge in [0.15, 0.2) is 0 Å². The lowest BCUT2D eigenvalue weighted by Gasteiger charge is -2.16. The van der Waals surface area contributed by atoms with Gasteiger partial charge in [0.25, 0.3) is 0 Å². The molecule has 3 aromatic rings. The van der Waals surface area contributed by atoms with Crippen molar-refractivity contribution in [3.63, 3.8) is 0 Å². The number of rotatable bonds is 5. The third-order valence-electron chi connectivity index (χ3n) is 4.61. The molecule has 0 spiro atoms. The third kappa shape index (κ3) is 4.14. The van der Waals surface area contributed by atoms with Gasteiger partial charge >= 0.3 is 6.01 Å². The van der Waals surface area contributed by atoms with Crippen LogP contribution in [0.25, 0.3) is 11.5 Å². The van der Waals surface area contributed by atoms with Crippen LogP contribution in [0.3, 0.4) is 0 Å². The summed E-state index contributed by atoms with van der Waals surface area (Å²) in [4.78, 5) is 27.4. The topological polar surface area (TPSA) is 88.3 Å². The van der Waals surface area contributed by atoms with Gasteiger partial charge in [-0.1, -0.05) is 11.2 Å². The van der Waals surface area contributed by atoms with E-state index in [9.17, 15) is 14.0 Å². The monoisotopic (exact) mass is 412 g/mol. The summed E-state index contributed by atoms with van der Waals surface area (Å²) in [5, 5.41) is 10.4. The minimum Gasteiger partial charge on any atom is -0.403 e. The Morgan fingerprint density at radius 3 is 2.79 bits per heavy atom. The van der Waals surface area contributed by atoms with Gasteiger partial charge in [0, 0.05) is 29.1 Å². The first-order valence-electron chi connectivity index (χ1n) is 8.88. The molecule has 0 saturated carbocycles. The lowest BCUT2D eigenvalue weighted by molar-refractivity contribution is -0.122. The van der Waals surface area contributed by atoms with Gasteiger partial charge < -0.3 is 9.32 Å². The Labute approximate surface area is 170 Å². The second-order valence-electron chi connectivity index (χ2n) is 6.52. The zero-order valence-corrected chi connectivity index (χ0v) is 16.3. The highest BCUT2D eigenvalue weighted by atomic mass is 32.2. The second-order valence-corrected chi connectivity index (χ2v) is 7.40. The van der Waals surface area contributed by atoms with Crippen molar-refractivity contribution in [2.45, 2.75) is 11.3 Å². The lowest BCUT2D eigenvalue weighted by Crippen LogP contribution is -2.28. The highest BCUT2D eigenvalue weighted by Crippen LogP contribution is 2.27. The molecule has 1 atom stereocenters. The predicted molar refractivity (Wildman–Crippen MR) is 107 cm³/mol. The van der Waals surface area contributed by atoms with E-state index in [4.69, 9.17) is 4.42 Å². The first kappa shape index (κ1) is 19.1. The summed E-state index contributed by atoms with van der Waals surface area (Å²) in [7, 11) is 0. The van der Waals surface area contributed by atoms with Gasteiger partial charge in [0.05, 0.1) is 5.92 Å².